The molecule has 0 radical (unpaired) electrons. The molecule has 2 aromatic heterocycles. The molecular weight excluding hydrogens is 464 g/mol. The van der Waals surface area contributed by atoms with Crippen LogP contribution in [0, 0.1) is 0 Å². The summed E-state index contributed by atoms with van der Waals surface area (Å²) in [6.07, 6.45) is 3.58. The van der Waals surface area contributed by atoms with Gasteiger partial charge in [-0.1, -0.05) is 48.5 Å². The number of aromatic nitrogens is 3. The van der Waals surface area contributed by atoms with Crippen molar-refractivity contribution in [3.8, 4) is 28.1 Å². The second kappa shape index (κ2) is 10.5. The molecule has 2 heterocycles. The van der Waals surface area contributed by atoms with Gasteiger partial charge in [-0.25, -0.2) is 4.98 Å². The minimum Gasteiger partial charge on any atom is -0.497 e. The molecule has 5 aromatic rings. The van der Waals surface area contributed by atoms with Gasteiger partial charge in [0.2, 0.25) is 5.95 Å². The quantitative estimate of drug-likeness (QED) is 0.333. The number of nitrogens with one attached hydrogen (secondary N) is 1. The van der Waals surface area contributed by atoms with Crippen LogP contribution in [0.25, 0.3) is 33.2 Å². The van der Waals surface area contributed by atoms with Crippen LogP contribution in [0.4, 0.5) is 5.95 Å². The Labute approximate surface area is 214 Å². The molecule has 184 valence electrons. The SMILES string of the molecule is COc1cccc(CC(=O)CNc2nc(-c3ccncc3)c(-c3ccc4ccccc4c3)c(=O)n2C)c1. The van der Waals surface area contributed by atoms with Crippen molar-refractivity contribution >= 4 is 22.5 Å². The van der Waals surface area contributed by atoms with Crippen LogP contribution in [0.1, 0.15) is 5.56 Å². The summed E-state index contributed by atoms with van der Waals surface area (Å²) in [7, 11) is 3.25. The van der Waals surface area contributed by atoms with Crippen molar-refractivity contribution in [1.29, 1.82) is 0 Å². The highest BCUT2D eigenvalue weighted by molar-refractivity contribution is 5.90. The number of benzene rings is 3. The maximum Gasteiger partial charge on any atom is 0.263 e. The van der Waals surface area contributed by atoms with Crippen molar-refractivity contribution in [2.24, 2.45) is 7.05 Å². The number of hydrogen-bond acceptors (Lipinski definition) is 6. The Hall–Kier alpha value is -4.78. The van der Waals surface area contributed by atoms with Gasteiger partial charge in [0.25, 0.3) is 5.56 Å². The maximum atomic E-state index is 13.7. The van der Waals surface area contributed by atoms with Crippen molar-refractivity contribution < 1.29 is 9.53 Å². The molecule has 0 spiro atoms. The predicted molar refractivity (Wildman–Crippen MR) is 146 cm³/mol. The molecular formula is C30H26N4O3. The van der Waals surface area contributed by atoms with Gasteiger partial charge in [-0.05, 0) is 52.2 Å². The predicted octanol–water partition coefficient (Wildman–Crippen LogP) is 4.89. The average molecular weight is 491 g/mol. The van der Waals surface area contributed by atoms with E-state index in [2.05, 4.69) is 10.3 Å². The number of carbonyl (C=O) groups excluding carboxylic acids is 1. The number of pyridine rings is 1. The largest absolute Gasteiger partial charge is 0.497 e. The molecule has 0 bridgehead atoms. The number of carbonyl (C=O) groups is 1. The third-order valence-corrected chi connectivity index (χ3v) is 6.26. The molecule has 0 atom stereocenters. The van der Waals surface area contributed by atoms with Crippen LogP contribution >= 0.6 is 0 Å². The van der Waals surface area contributed by atoms with Crippen molar-refractivity contribution in [2.75, 3.05) is 19.0 Å². The number of nitrogens with zero attached hydrogens (tertiary/aromatic N) is 3. The number of ether oxygens (including phenoxy) is 1. The Morgan fingerprint density at radius 1 is 0.919 bits per heavy atom. The van der Waals surface area contributed by atoms with E-state index in [1.807, 2.05) is 78.9 Å². The monoisotopic (exact) mass is 490 g/mol. The van der Waals surface area contributed by atoms with Gasteiger partial charge in [-0.3, -0.25) is 19.1 Å². The van der Waals surface area contributed by atoms with E-state index < -0.39 is 0 Å². The number of Topliss-reactive ketones (excluding diaryl/α,β-unsaturated/α-hetero) is 1. The van der Waals surface area contributed by atoms with Gasteiger partial charge in [0, 0.05) is 31.4 Å². The van der Waals surface area contributed by atoms with Crippen LogP contribution in [0.2, 0.25) is 0 Å². The van der Waals surface area contributed by atoms with Gasteiger partial charge >= 0.3 is 0 Å². The fourth-order valence-electron chi connectivity index (χ4n) is 4.33. The Morgan fingerprint density at radius 3 is 2.49 bits per heavy atom. The first-order chi connectivity index (χ1) is 18.0. The summed E-state index contributed by atoms with van der Waals surface area (Å²) in [5.41, 5.74) is 3.22. The van der Waals surface area contributed by atoms with Gasteiger partial charge in [0.1, 0.15) is 5.75 Å². The molecule has 0 saturated carbocycles. The third kappa shape index (κ3) is 5.11. The van der Waals surface area contributed by atoms with E-state index in [4.69, 9.17) is 9.72 Å². The number of hydrogen-bond donors (Lipinski definition) is 1. The van der Waals surface area contributed by atoms with Crippen LogP contribution < -0.4 is 15.6 Å². The number of ketones is 1. The van der Waals surface area contributed by atoms with E-state index in [-0.39, 0.29) is 24.3 Å². The average Bonchev–Trinajstić information content (AvgIpc) is 2.94. The molecule has 0 aliphatic carbocycles. The summed E-state index contributed by atoms with van der Waals surface area (Å²) in [4.78, 5) is 35.3. The highest BCUT2D eigenvalue weighted by Gasteiger charge is 2.19. The Morgan fingerprint density at radius 2 is 1.70 bits per heavy atom. The van der Waals surface area contributed by atoms with Crippen LogP contribution in [-0.2, 0) is 18.3 Å². The van der Waals surface area contributed by atoms with Crippen molar-refractivity contribution in [3.05, 3.63) is 107 Å². The first-order valence-corrected chi connectivity index (χ1v) is 11.9. The first-order valence-electron chi connectivity index (χ1n) is 11.9. The second-order valence-corrected chi connectivity index (χ2v) is 8.74. The molecule has 37 heavy (non-hydrogen) atoms. The molecule has 3 aromatic carbocycles. The molecule has 0 aliphatic heterocycles. The van der Waals surface area contributed by atoms with Crippen molar-refractivity contribution in [3.63, 3.8) is 0 Å². The Bertz CT molecular complexity index is 1640. The van der Waals surface area contributed by atoms with Crippen LogP contribution in [0.15, 0.2) is 96.1 Å². The molecule has 0 amide bonds. The Balaban J connectivity index is 1.50. The molecule has 7 nitrogen and oxygen atoms in total. The van der Waals surface area contributed by atoms with Crippen molar-refractivity contribution in [2.45, 2.75) is 6.42 Å². The number of rotatable bonds is 8. The van der Waals surface area contributed by atoms with E-state index in [0.29, 0.717) is 23.0 Å². The molecule has 7 heteroatoms. The zero-order valence-corrected chi connectivity index (χ0v) is 20.6. The summed E-state index contributed by atoms with van der Waals surface area (Å²) in [6, 6.07) is 25.0. The van der Waals surface area contributed by atoms with Gasteiger partial charge in [0.15, 0.2) is 5.78 Å². The van der Waals surface area contributed by atoms with E-state index in [0.717, 1.165) is 27.5 Å². The highest BCUT2D eigenvalue weighted by Crippen LogP contribution is 2.30. The minimum absolute atomic E-state index is 0.0304. The maximum absolute atomic E-state index is 13.7. The highest BCUT2D eigenvalue weighted by atomic mass is 16.5. The smallest absolute Gasteiger partial charge is 0.263 e. The Kier molecular flexibility index (Phi) is 6.76. The number of fused-ring (bicyclic) bond motifs is 1. The van der Waals surface area contributed by atoms with Crippen LogP contribution in [0.5, 0.6) is 5.75 Å². The van der Waals surface area contributed by atoms with Crippen LogP contribution in [-0.4, -0.2) is 34.0 Å². The van der Waals surface area contributed by atoms with E-state index >= 15 is 0 Å². The topological polar surface area (TPSA) is 86.1 Å². The van der Waals surface area contributed by atoms with Gasteiger partial charge < -0.3 is 10.1 Å². The van der Waals surface area contributed by atoms with E-state index in [1.165, 1.54) is 4.57 Å². The first kappa shape index (κ1) is 23.9. The lowest BCUT2D eigenvalue weighted by molar-refractivity contribution is -0.116. The van der Waals surface area contributed by atoms with Gasteiger partial charge in [-0.2, -0.15) is 0 Å². The minimum atomic E-state index is -0.208. The summed E-state index contributed by atoms with van der Waals surface area (Å²) >= 11 is 0. The molecule has 0 fully saturated rings. The van der Waals surface area contributed by atoms with Gasteiger partial charge in [-0.15, -0.1) is 0 Å². The van der Waals surface area contributed by atoms with E-state index in [9.17, 15) is 9.59 Å². The lowest BCUT2D eigenvalue weighted by Crippen LogP contribution is -2.27. The van der Waals surface area contributed by atoms with Crippen molar-refractivity contribution in [1.82, 2.24) is 14.5 Å². The number of methoxy groups -OCH3 is 1. The number of anilines is 1. The summed E-state index contributed by atoms with van der Waals surface area (Å²) in [5.74, 6) is 0.987. The summed E-state index contributed by atoms with van der Waals surface area (Å²) < 4.78 is 6.69. The van der Waals surface area contributed by atoms with Crippen LogP contribution in [0.3, 0.4) is 0 Å². The van der Waals surface area contributed by atoms with Gasteiger partial charge in [0.05, 0.1) is 24.9 Å². The lowest BCUT2D eigenvalue weighted by Gasteiger charge is -2.16. The summed E-state index contributed by atoms with van der Waals surface area (Å²) in [6.45, 7) is 0.0304. The fraction of sp³-hybridized carbons (Fsp3) is 0.133. The van der Waals surface area contributed by atoms with E-state index in [1.54, 1.807) is 26.6 Å². The lowest BCUT2D eigenvalue weighted by atomic mass is 9.98. The molecule has 0 unspecified atom stereocenters. The second-order valence-electron chi connectivity index (χ2n) is 8.74. The molecule has 0 saturated heterocycles. The zero-order valence-electron chi connectivity index (χ0n) is 20.6. The normalized spacial score (nSPS) is 10.9. The summed E-state index contributed by atoms with van der Waals surface area (Å²) in [5, 5.41) is 5.20. The molecule has 1 N–H and O–H groups in total. The standard InChI is InChI=1S/C30H26N4O3/c1-34-29(36)27(24-11-10-21-7-3-4-8-23(21)18-24)28(22-12-14-31-15-13-22)33-30(34)32-19-25(35)16-20-6-5-9-26(17-20)37-2/h3-15,17-18H,16,19H2,1-2H3,(H,32,33). The zero-order chi connectivity index (χ0) is 25.8. The molecule has 0 aliphatic rings. The third-order valence-electron chi connectivity index (χ3n) is 6.26. The fourth-order valence-corrected chi connectivity index (χ4v) is 4.33. The molecule has 5 rings (SSSR count).